The molecule has 2 N–H and O–H groups in total. The lowest BCUT2D eigenvalue weighted by molar-refractivity contribution is -0.142. The number of hydrogen-bond donors (Lipinski definition) is 2. The molecule has 0 saturated carbocycles. The molecule has 1 aromatic rings. The van der Waals surface area contributed by atoms with Crippen LogP contribution >= 0.6 is 11.5 Å². The number of carbonyl (C=O) groups excluding carboxylic acids is 1. The van der Waals surface area contributed by atoms with E-state index in [2.05, 4.69) is 14.7 Å². The van der Waals surface area contributed by atoms with Crippen molar-refractivity contribution in [2.45, 2.75) is 26.3 Å². The van der Waals surface area contributed by atoms with Crippen LogP contribution < -0.4 is 5.32 Å². The Bertz CT molecular complexity index is 475. The number of carbonyl (C=O) groups is 2. The SMILES string of the molecule is Cc1nsc(NC(=O)N2CCC(C)C2C(=O)O)n1. The minimum atomic E-state index is -0.969. The molecule has 0 aromatic carbocycles. The molecule has 8 heteroatoms. The minimum absolute atomic E-state index is 0.0376. The number of nitrogens with zero attached hydrogens (tertiary/aromatic N) is 3. The van der Waals surface area contributed by atoms with Crippen LogP contribution in [0.4, 0.5) is 9.93 Å². The van der Waals surface area contributed by atoms with E-state index < -0.39 is 18.0 Å². The predicted molar refractivity (Wildman–Crippen MR) is 65.6 cm³/mol. The Balaban J connectivity index is 2.07. The summed E-state index contributed by atoms with van der Waals surface area (Å²) in [4.78, 5) is 28.5. The zero-order chi connectivity index (χ0) is 13.3. The fourth-order valence-corrected chi connectivity index (χ4v) is 2.63. The molecule has 18 heavy (non-hydrogen) atoms. The van der Waals surface area contributed by atoms with Gasteiger partial charge in [-0.05, 0) is 19.3 Å². The van der Waals surface area contributed by atoms with Crippen LogP contribution in [0.1, 0.15) is 19.2 Å². The highest BCUT2D eigenvalue weighted by molar-refractivity contribution is 7.09. The predicted octanol–water partition coefficient (Wildman–Crippen LogP) is 1.17. The number of aliphatic carboxylic acids is 1. The molecule has 7 nitrogen and oxygen atoms in total. The Kier molecular flexibility index (Phi) is 3.46. The Morgan fingerprint density at radius 3 is 2.83 bits per heavy atom. The Morgan fingerprint density at radius 2 is 2.28 bits per heavy atom. The van der Waals surface area contributed by atoms with Gasteiger partial charge in [-0.1, -0.05) is 6.92 Å². The molecule has 0 aliphatic carbocycles. The second-order valence-electron chi connectivity index (χ2n) is 4.32. The third-order valence-corrected chi connectivity index (χ3v) is 3.68. The van der Waals surface area contributed by atoms with E-state index in [1.54, 1.807) is 6.92 Å². The Labute approximate surface area is 108 Å². The van der Waals surface area contributed by atoms with Crippen molar-refractivity contribution < 1.29 is 14.7 Å². The molecular formula is C10H14N4O3S. The zero-order valence-electron chi connectivity index (χ0n) is 10.1. The van der Waals surface area contributed by atoms with Gasteiger partial charge in [0.1, 0.15) is 11.9 Å². The van der Waals surface area contributed by atoms with Crippen molar-refractivity contribution >= 4 is 28.7 Å². The molecule has 2 atom stereocenters. The first-order chi connectivity index (χ1) is 8.49. The molecule has 1 aromatic heterocycles. The van der Waals surface area contributed by atoms with Gasteiger partial charge in [-0.2, -0.15) is 4.37 Å². The number of carboxylic acid groups (broad SMARTS) is 1. The third-order valence-electron chi connectivity index (χ3n) is 2.96. The van der Waals surface area contributed by atoms with Crippen LogP contribution in [0.2, 0.25) is 0 Å². The smallest absolute Gasteiger partial charge is 0.326 e. The summed E-state index contributed by atoms with van der Waals surface area (Å²) < 4.78 is 3.95. The highest BCUT2D eigenvalue weighted by atomic mass is 32.1. The molecule has 2 unspecified atom stereocenters. The fourth-order valence-electron chi connectivity index (χ4n) is 2.06. The van der Waals surface area contributed by atoms with Gasteiger partial charge in [0.15, 0.2) is 0 Å². The highest BCUT2D eigenvalue weighted by Crippen LogP contribution is 2.25. The first-order valence-electron chi connectivity index (χ1n) is 5.60. The van der Waals surface area contributed by atoms with E-state index in [0.29, 0.717) is 23.9 Å². The van der Waals surface area contributed by atoms with Crippen LogP contribution in [-0.4, -0.2) is 44.0 Å². The van der Waals surface area contributed by atoms with Gasteiger partial charge in [0.05, 0.1) is 0 Å². The molecule has 1 saturated heterocycles. The van der Waals surface area contributed by atoms with Gasteiger partial charge in [-0.15, -0.1) is 0 Å². The Morgan fingerprint density at radius 1 is 1.56 bits per heavy atom. The standard InChI is InChI=1S/C10H14N4O3S/c1-5-3-4-14(7(5)8(15)16)10(17)12-9-11-6(2)13-18-9/h5,7H,3-4H2,1-2H3,(H,15,16)(H,11,12,13,17). The number of carboxylic acids is 1. The van der Waals surface area contributed by atoms with E-state index in [-0.39, 0.29) is 5.92 Å². The largest absolute Gasteiger partial charge is 0.480 e. The molecule has 1 aliphatic rings. The summed E-state index contributed by atoms with van der Waals surface area (Å²) in [7, 11) is 0. The molecule has 0 radical (unpaired) electrons. The van der Waals surface area contributed by atoms with E-state index in [1.807, 2.05) is 6.92 Å². The van der Waals surface area contributed by atoms with Crippen molar-refractivity contribution in [3.8, 4) is 0 Å². The summed E-state index contributed by atoms with van der Waals surface area (Å²) in [6.45, 7) is 4.01. The number of likely N-dealkylation sites (tertiary alicyclic amines) is 1. The number of hydrogen-bond acceptors (Lipinski definition) is 5. The summed E-state index contributed by atoms with van der Waals surface area (Å²) in [5, 5.41) is 12.1. The topological polar surface area (TPSA) is 95.4 Å². The van der Waals surface area contributed by atoms with Crippen LogP contribution in [0.5, 0.6) is 0 Å². The second kappa shape index (κ2) is 4.89. The minimum Gasteiger partial charge on any atom is -0.480 e. The van der Waals surface area contributed by atoms with Crippen molar-refractivity contribution in [1.29, 1.82) is 0 Å². The zero-order valence-corrected chi connectivity index (χ0v) is 10.9. The van der Waals surface area contributed by atoms with Crippen LogP contribution in [-0.2, 0) is 4.79 Å². The number of rotatable bonds is 2. The van der Waals surface area contributed by atoms with Crippen LogP contribution in [0.3, 0.4) is 0 Å². The lowest BCUT2D eigenvalue weighted by Crippen LogP contribution is -2.44. The van der Waals surface area contributed by atoms with Crippen molar-refractivity contribution in [1.82, 2.24) is 14.3 Å². The number of amides is 2. The Hall–Kier alpha value is -1.70. The first kappa shape index (κ1) is 12.7. The third kappa shape index (κ3) is 2.42. The van der Waals surface area contributed by atoms with Gasteiger partial charge < -0.3 is 10.0 Å². The van der Waals surface area contributed by atoms with Gasteiger partial charge >= 0.3 is 12.0 Å². The van der Waals surface area contributed by atoms with Crippen LogP contribution in [0, 0.1) is 12.8 Å². The van der Waals surface area contributed by atoms with Gasteiger partial charge in [0.25, 0.3) is 0 Å². The fraction of sp³-hybridized carbons (Fsp3) is 0.600. The van der Waals surface area contributed by atoms with Gasteiger partial charge in [-0.3, -0.25) is 5.32 Å². The molecule has 1 aliphatic heterocycles. The lowest BCUT2D eigenvalue weighted by atomic mass is 10.0. The maximum Gasteiger partial charge on any atom is 0.326 e. The quantitative estimate of drug-likeness (QED) is 0.841. The number of aryl methyl sites for hydroxylation is 1. The molecule has 0 bridgehead atoms. The van der Waals surface area contributed by atoms with Crippen molar-refractivity contribution in [3.63, 3.8) is 0 Å². The molecule has 2 heterocycles. The maximum absolute atomic E-state index is 12.0. The normalized spacial score (nSPS) is 23.1. The molecule has 1 fully saturated rings. The summed E-state index contributed by atoms with van der Waals surface area (Å²) in [6, 6.07) is -1.19. The molecule has 2 rings (SSSR count). The van der Waals surface area contributed by atoms with Crippen LogP contribution in [0.15, 0.2) is 0 Å². The van der Waals surface area contributed by atoms with E-state index in [9.17, 15) is 9.59 Å². The molecule has 98 valence electrons. The molecule has 2 amide bonds. The van der Waals surface area contributed by atoms with E-state index in [0.717, 1.165) is 11.5 Å². The number of nitrogens with one attached hydrogen (secondary N) is 1. The van der Waals surface area contributed by atoms with E-state index in [1.165, 1.54) is 4.90 Å². The highest BCUT2D eigenvalue weighted by Gasteiger charge is 2.39. The summed E-state index contributed by atoms with van der Waals surface area (Å²) in [6.07, 6.45) is 0.694. The molecule has 0 spiro atoms. The van der Waals surface area contributed by atoms with Crippen LogP contribution in [0.25, 0.3) is 0 Å². The molecular weight excluding hydrogens is 256 g/mol. The lowest BCUT2D eigenvalue weighted by Gasteiger charge is -2.22. The average molecular weight is 270 g/mol. The summed E-state index contributed by atoms with van der Waals surface area (Å²) >= 11 is 1.08. The summed E-state index contributed by atoms with van der Waals surface area (Å²) in [5.41, 5.74) is 0. The number of urea groups is 1. The van der Waals surface area contributed by atoms with Crippen molar-refractivity contribution in [3.05, 3.63) is 5.82 Å². The monoisotopic (exact) mass is 270 g/mol. The van der Waals surface area contributed by atoms with Crippen molar-refractivity contribution in [2.75, 3.05) is 11.9 Å². The van der Waals surface area contributed by atoms with Gasteiger partial charge in [-0.25, -0.2) is 14.6 Å². The first-order valence-corrected chi connectivity index (χ1v) is 6.37. The average Bonchev–Trinajstić information content (AvgIpc) is 2.84. The van der Waals surface area contributed by atoms with Gasteiger partial charge in [0.2, 0.25) is 5.13 Å². The maximum atomic E-state index is 12.0. The number of aromatic nitrogens is 2. The second-order valence-corrected chi connectivity index (χ2v) is 5.07. The van der Waals surface area contributed by atoms with E-state index in [4.69, 9.17) is 5.11 Å². The summed E-state index contributed by atoms with van der Waals surface area (Å²) in [5.74, 6) is -0.423. The number of anilines is 1. The van der Waals surface area contributed by atoms with Crippen molar-refractivity contribution in [2.24, 2.45) is 5.92 Å². The van der Waals surface area contributed by atoms with E-state index >= 15 is 0 Å². The van der Waals surface area contributed by atoms with Gasteiger partial charge in [0, 0.05) is 18.1 Å².